The molecule has 2 heterocycles. The van der Waals surface area contributed by atoms with Gasteiger partial charge in [-0.25, -0.2) is 0 Å². The van der Waals surface area contributed by atoms with E-state index in [0.29, 0.717) is 0 Å². The zero-order valence-corrected chi connectivity index (χ0v) is 38.6. The normalized spacial score (nSPS) is 17.0. The zero-order chi connectivity index (χ0) is 44.2. The van der Waals surface area contributed by atoms with Crippen LogP contribution in [0.1, 0.15) is 80.0 Å². The average molecular weight is 969 g/mol. The van der Waals surface area contributed by atoms with E-state index in [-0.39, 0.29) is 43.2 Å². The maximum absolute atomic E-state index is 8.93. The molecule has 0 spiro atoms. The summed E-state index contributed by atoms with van der Waals surface area (Å²) in [5, 5.41) is 6.37. The fourth-order valence-corrected chi connectivity index (χ4v) is 9.79. The number of hydrogen-bond acceptors (Lipinski definition) is 2. The van der Waals surface area contributed by atoms with E-state index >= 15 is 0 Å². The second-order valence-corrected chi connectivity index (χ2v) is 22.4. The number of benzene rings is 6. The summed E-state index contributed by atoms with van der Waals surface area (Å²) in [5.41, 5.74) is 14.9. The van der Waals surface area contributed by atoms with Crippen LogP contribution in [-0.4, -0.2) is 13.1 Å². The quantitative estimate of drug-likeness (QED) is 0.118. The Bertz CT molecular complexity index is 2720. The van der Waals surface area contributed by atoms with Crippen molar-refractivity contribution in [3.63, 3.8) is 0 Å². The molecule has 298 valence electrons. The Morgan fingerprint density at radius 2 is 1.46 bits per heavy atom. The third-order valence-electron chi connectivity index (χ3n) is 11.8. The van der Waals surface area contributed by atoms with Crippen LogP contribution < -0.4 is 10.1 Å². The largest absolute Gasteiger partial charge is 3.00 e. The maximum Gasteiger partial charge on any atom is 3.00 e. The van der Waals surface area contributed by atoms with E-state index in [4.69, 9.17) is 10.8 Å². The van der Waals surface area contributed by atoms with E-state index in [1.807, 2.05) is 19.2 Å². The van der Waals surface area contributed by atoms with Crippen molar-refractivity contribution in [2.45, 2.75) is 78.6 Å². The molecule has 0 fully saturated rings. The van der Waals surface area contributed by atoms with Gasteiger partial charge in [-0.05, 0) is 74.7 Å². The Hall–Kier alpha value is -5.06. The monoisotopic (exact) mass is 969 g/mol. The third-order valence-corrected chi connectivity index (χ3v) is 13.8. The summed E-state index contributed by atoms with van der Waals surface area (Å²) in [6.45, 7) is 15.4. The van der Waals surface area contributed by atoms with Gasteiger partial charge in [0.1, 0.15) is 0 Å². The summed E-state index contributed by atoms with van der Waals surface area (Å²) in [5.74, 6) is -0.555. The van der Waals surface area contributed by atoms with Crippen LogP contribution in [-0.2, 0) is 25.5 Å². The van der Waals surface area contributed by atoms with Gasteiger partial charge in [0, 0.05) is 23.1 Å². The van der Waals surface area contributed by atoms with Crippen LogP contribution in [0.4, 0.5) is 17.1 Å². The number of fused-ring (bicyclic) bond motifs is 4. The number of hydrogen-bond donors (Lipinski definition) is 0. The van der Waals surface area contributed by atoms with Crippen LogP contribution >= 0.6 is 0 Å². The summed E-state index contributed by atoms with van der Waals surface area (Å²) >= 11 is 0. The molecule has 3 nitrogen and oxygen atoms in total. The van der Waals surface area contributed by atoms with Gasteiger partial charge in [-0.15, -0.1) is 52.2 Å². The minimum Gasteiger partial charge on any atom is -0.661 e. The summed E-state index contributed by atoms with van der Waals surface area (Å²) in [6.07, 6.45) is 1.75. The van der Waals surface area contributed by atoms with E-state index in [1.54, 1.807) is 12.1 Å². The van der Waals surface area contributed by atoms with Crippen LogP contribution in [0.2, 0.25) is 19.6 Å². The molecule has 6 aromatic carbocycles. The molecule has 2 aliphatic rings. The molecule has 2 unspecified atom stereocenters. The van der Waals surface area contributed by atoms with E-state index in [9.17, 15) is 0 Å². The SMILES string of the molecule is CC1(C)c2c[c-]c(C3[N-]c4ccccc4N3c3ccc(-c4ccccc4)cc3)cc2-c2ccccc21.[2H]C([2H])([2H])c1c[c-]c(-c2cc(C([2H])(C)C(C)C)c([Si](C)(C)C)cn2)cc1.[Ir+3]. The van der Waals surface area contributed by atoms with Crippen molar-refractivity contribution in [1.29, 1.82) is 0 Å². The fourth-order valence-electron chi connectivity index (χ4n) is 8.26. The van der Waals surface area contributed by atoms with Crippen molar-refractivity contribution in [1.82, 2.24) is 4.98 Å². The molecule has 1 aromatic heterocycles. The Morgan fingerprint density at radius 1 is 0.763 bits per heavy atom. The molecule has 0 bridgehead atoms. The predicted octanol–water partition coefficient (Wildman–Crippen LogP) is 14.5. The van der Waals surface area contributed by atoms with Gasteiger partial charge in [-0.2, -0.15) is 23.8 Å². The predicted molar refractivity (Wildman–Crippen MR) is 249 cm³/mol. The fraction of sp³-hybridized carbons (Fsp3) is 0.241. The average Bonchev–Trinajstić information content (AvgIpc) is 3.76. The molecular weight excluding hydrogens is 911 g/mol. The number of anilines is 2. The van der Waals surface area contributed by atoms with Crippen LogP contribution in [0.3, 0.4) is 0 Å². The smallest absolute Gasteiger partial charge is 0.661 e. The second-order valence-electron chi connectivity index (χ2n) is 17.4. The Balaban J connectivity index is 0.000000197. The minimum absolute atomic E-state index is 0. The van der Waals surface area contributed by atoms with Gasteiger partial charge in [0.2, 0.25) is 0 Å². The first-order chi connectivity index (χ1) is 29.4. The molecule has 7 aromatic rings. The van der Waals surface area contributed by atoms with Crippen molar-refractivity contribution >= 4 is 30.3 Å². The molecule has 2 atom stereocenters. The molecule has 0 N–H and O–H groups in total. The number of nitrogens with zero attached hydrogens (tertiary/aromatic N) is 3. The molecule has 0 saturated carbocycles. The first-order valence-electron chi connectivity index (χ1n) is 22.3. The van der Waals surface area contributed by atoms with E-state index in [0.717, 1.165) is 39.4 Å². The zero-order valence-electron chi connectivity index (χ0n) is 39.2. The van der Waals surface area contributed by atoms with Gasteiger partial charge in [0.15, 0.2) is 0 Å². The van der Waals surface area contributed by atoms with Crippen molar-refractivity contribution in [2.75, 3.05) is 4.90 Å². The minimum atomic E-state index is -2.13. The first kappa shape index (κ1) is 37.0. The van der Waals surface area contributed by atoms with Gasteiger partial charge >= 0.3 is 20.1 Å². The van der Waals surface area contributed by atoms with Crippen molar-refractivity contribution in [3.05, 3.63) is 191 Å². The van der Waals surface area contributed by atoms with Gasteiger partial charge < -0.3 is 15.2 Å². The number of pyridine rings is 1. The standard InChI is InChI=1S/C34H26N2.C20H28NSi.Ir/c1-34(2)29-13-7-6-12-27(29)28-22-25(18-21-30(28)34)33-35-31-14-8-9-15-32(31)36(33)26-19-16-24(17-20-26)23-10-4-3-5-11-23;1-14(2)16(4)18-12-19(17-10-8-15(3)9-11-17)21-13-20(18)22(5,6)7;/h3-17,19-22,33H,1-2H3;8-10,12-14,16H,1-7H3;/q-2;-1;+3/i;3D3,16D;. The van der Waals surface area contributed by atoms with Gasteiger partial charge in [0.05, 0.1) is 8.07 Å². The third kappa shape index (κ3) is 8.26. The van der Waals surface area contributed by atoms with E-state index < -0.39 is 20.8 Å². The Morgan fingerprint density at radius 3 is 2.15 bits per heavy atom. The van der Waals surface area contributed by atoms with Crippen LogP contribution in [0.15, 0.2) is 146 Å². The van der Waals surface area contributed by atoms with Crippen molar-refractivity contribution in [3.8, 4) is 33.5 Å². The van der Waals surface area contributed by atoms with Crippen LogP contribution in [0.5, 0.6) is 0 Å². The molecule has 1 aliphatic heterocycles. The number of aromatic nitrogens is 1. The van der Waals surface area contributed by atoms with Gasteiger partial charge in [0.25, 0.3) is 0 Å². The maximum atomic E-state index is 8.93. The molecule has 0 radical (unpaired) electrons. The number of rotatable bonds is 7. The molecule has 1 aliphatic carbocycles. The molecule has 9 rings (SSSR count). The topological polar surface area (TPSA) is 30.2 Å². The molecule has 0 saturated heterocycles. The Kier molecular flexibility index (Phi) is 10.6. The molecule has 5 heteroatoms. The number of aryl methyl sites for hydroxylation is 1. The molecule has 0 amide bonds. The molecular formula is C54H54IrN3Si. The van der Waals surface area contributed by atoms with E-state index in [1.165, 1.54) is 44.6 Å². The van der Waals surface area contributed by atoms with Crippen molar-refractivity contribution in [2.24, 2.45) is 5.92 Å². The van der Waals surface area contributed by atoms with Crippen molar-refractivity contribution < 1.29 is 25.6 Å². The van der Waals surface area contributed by atoms with Gasteiger partial charge in [-0.3, -0.25) is 0 Å². The number of para-hydroxylation sites is 2. The molecule has 59 heavy (non-hydrogen) atoms. The summed E-state index contributed by atoms with van der Waals surface area (Å²) in [6, 6.07) is 54.6. The van der Waals surface area contributed by atoms with Gasteiger partial charge in [-0.1, -0.05) is 158 Å². The summed E-state index contributed by atoms with van der Waals surface area (Å²) in [4.78, 5) is 6.96. The summed E-state index contributed by atoms with van der Waals surface area (Å²) in [7, 11) is -1.66. The van der Waals surface area contributed by atoms with Crippen LogP contribution in [0.25, 0.3) is 38.8 Å². The second kappa shape index (κ2) is 16.9. The van der Waals surface area contributed by atoms with E-state index in [2.05, 4.69) is 185 Å². The summed E-state index contributed by atoms with van der Waals surface area (Å²) < 4.78 is 31.4. The van der Waals surface area contributed by atoms with Crippen LogP contribution in [0, 0.1) is 24.9 Å². The first-order valence-corrected chi connectivity index (χ1v) is 23.8. The Labute approximate surface area is 373 Å².